The first-order valence-corrected chi connectivity index (χ1v) is 14.9. The second-order valence-corrected chi connectivity index (χ2v) is 10.3. The van der Waals surface area contributed by atoms with Crippen LogP contribution in [0.1, 0.15) is 83.9 Å². The predicted octanol–water partition coefficient (Wildman–Crippen LogP) is 9.04. The summed E-state index contributed by atoms with van der Waals surface area (Å²) in [6.45, 7) is 28.0. The van der Waals surface area contributed by atoms with Crippen molar-refractivity contribution in [3.8, 4) is 0 Å². The second kappa shape index (κ2) is 17.9. The van der Waals surface area contributed by atoms with Gasteiger partial charge in [-0.3, -0.25) is 0 Å². The zero-order valence-electron chi connectivity index (χ0n) is 24.3. The van der Waals surface area contributed by atoms with E-state index in [0.717, 1.165) is 52.1 Å². The molecule has 3 rings (SSSR count). The van der Waals surface area contributed by atoms with Gasteiger partial charge in [0.2, 0.25) is 0 Å². The Morgan fingerprint density at radius 1 is 0.838 bits per heavy atom. The minimum atomic E-state index is 0.574. The fraction of sp³-hybridized carbons (Fsp3) is 0.455. The van der Waals surface area contributed by atoms with Gasteiger partial charge in [-0.15, -0.1) is 0 Å². The second-order valence-electron chi connectivity index (χ2n) is 9.09. The van der Waals surface area contributed by atoms with Crippen molar-refractivity contribution < 1.29 is 0 Å². The fourth-order valence-corrected chi connectivity index (χ4v) is 5.14. The number of rotatable bonds is 11. The van der Waals surface area contributed by atoms with Crippen LogP contribution in [0.4, 0.5) is 5.69 Å². The molecule has 1 saturated carbocycles. The first-order chi connectivity index (χ1) is 17.9. The molecule has 0 unspecified atom stereocenters. The molecule has 0 aliphatic heterocycles. The van der Waals surface area contributed by atoms with Gasteiger partial charge in [0.25, 0.3) is 0 Å². The average molecular weight is 522 g/mol. The van der Waals surface area contributed by atoms with Crippen LogP contribution < -0.4 is 16.0 Å². The molecule has 0 radical (unpaired) electrons. The molecule has 37 heavy (non-hydrogen) atoms. The van der Waals surface area contributed by atoms with E-state index in [4.69, 9.17) is 5.73 Å². The molecule has 0 bridgehead atoms. The fourth-order valence-electron chi connectivity index (χ4n) is 4.33. The summed E-state index contributed by atoms with van der Waals surface area (Å²) in [5, 5.41) is 3.77. The maximum absolute atomic E-state index is 5.76. The number of likely N-dealkylation sites (N-methyl/N-ethyl adjacent to an activating group) is 1. The standard InChI is InChI=1S/C29H39N3S.2C2H6/c1-6-32(20-19-31-28-15-7-21(2)8-16-28)29-17-13-27(14-18-29)24(5)33-23(4)26-11-9-25(10-12-26)22(3)30;2*1-2/h9-14,17-18,21,28,31H,3-8,15-16,19-20,30H2,1-2H3;2*1-2H3. The summed E-state index contributed by atoms with van der Waals surface area (Å²) in [5.74, 6) is 0.899. The van der Waals surface area contributed by atoms with Gasteiger partial charge in [0.1, 0.15) is 0 Å². The normalized spacial score (nSPS) is 16.4. The molecule has 1 aliphatic carbocycles. The lowest BCUT2D eigenvalue weighted by Crippen LogP contribution is -2.38. The third-order valence-corrected chi connectivity index (χ3v) is 7.56. The lowest BCUT2D eigenvalue weighted by atomic mass is 9.87. The SMILES string of the molecule is C=C(N)c1ccc(C(=C)SC(=C)c2ccc(N(CC)CCNC3CCC(C)CC3)cc2)cc1.CC.CC. The van der Waals surface area contributed by atoms with Crippen molar-refractivity contribution >= 4 is 33.0 Å². The first kappa shape index (κ1) is 32.6. The molecule has 0 amide bonds. The van der Waals surface area contributed by atoms with Gasteiger partial charge in [0.05, 0.1) is 0 Å². The maximum atomic E-state index is 5.76. The van der Waals surface area contributed by atoms with Crippen LogP contribution in [0.2, 0.25) is 0 Å². The molecule has 0 heterocycles. The Hall–Kier alpha value is -2.43. The molecule has 0 spiro atoms. The van der Waals surface area contributed by atoms with Crippen molar-refractivity contribution in [3.63, 3.8) is 0 Å². The van der Waals surface area contributed by atoms with Gasteiger partial charge in [0, 0.05) is 46.9 Å². The molecule has 3 N–H and O–H groups in total. The van der Waals surface area contributed by atoms with Crippen LogP contribution in [0.15, 0.2) is 68.3 Å². The Balaban J connectivity index is 0.00000163. The number of anilines is 1. The molecule has 0 saturated heterocycles. The smallest absolute Gasteiger partial charge is 0.0366 e. The Bertz CT molecular complexity index is 939. The van der Waals surface area contributed by atoms with Gasteiger partial charge in [-0.1, -0.05) is 103 Å². The number of hydrogen-bond acceptors (Lipinski definition) is 4. The number of nitrogens with zero attached hydrogens (tertiary/aromatic N) is 1. The van der Waals surface area contributed by atoms with Crippen LogP contribution >= 0.6 is 11.8 Å². The Morgan fingerprint density at radius 2 is 1.30 bits per heavy atom. The molecule has 1 fully saturated rings. The molecule has 0 aromatic heterocycles. The highest BCUT2D eigenvalue weighted by molar-refractivity contribution is 8.16. The highest BCUT2D eigenvalue weighted by Gasteiger charge is 2.17. The number of hydrogen-bond donors (Lipinski definition) is 2. The third-order valence-electron chi connectivity index (χ3n) is 6.59. The zero-order chi connectivity index (χ0) is 27.8. The van der Waals surface area contributed by atoms with E-state index in [0.29, 0.717) is 11.7 Å². The van der Waals surface area contributed by atoms with E-state index in [1.54, 1.807) is 11.8 Å². The summed E-state index contributed by atoms with van der Waals surface area (Å²) in [6.07, 6.45) is 5.36. The lowest BCUT2D eigenvalue weighted by Gasteiger charge is -2.29. The lowest BCUT2D eigenvalue weighted by molar-refractivity contribution is 0.309. The van der Waals surface area contributed by atoms with E-state index < -0.39 is 0 Å². The molecular formula is C33H51N3S. The van der Waals surface area contributed by atoms with Gasteiger partial charge in [-0.05, 0) is 67.3 Å². The van der Waals surface area contributed by atoms with Crippen molar-refractivity contribution in [2.45, 2.75) is 73.3 Å². The summed E-state index contributed by atoms with van der Waals surface area (Å²) in [6, 6.07) is 17.4. The van der Waals surface area contributed by atoms with Crippen molar-refractivity contribution in [1.82, 2.24) is 5.32 Å². The third kappa shape index (κ3) is 10.8. The summed E-state index contributed by atoms with van der Waals surface area (Å²) in [5.41, 5.74) is 10.7. The van der Waals surface area contributed by atoms with E-state index >= 15 is 0 Å². The minimum absolute atomic E-state index is 0.574. The Morgan fingerprint density at radius 3 is 1.76 bits per heavy atom. The monoisotopic (exact) mass is 521 g/mol. The highest BCUT2D eigenvalue weighted by Crippen LogP contribution is 2.37. The number of nitrogens with one attached hydrogen (secondary N) is 1. The molecule has 2 aromatic rings. The summed E-state index contributed by atoms with van der Waals surface area (Å²) in [7, 11) is 0. The van der Waals surface area contributed by atoms with Crippen molar-refractivity contribution in [1.29, 1.82) is 0 Å². The molecule has 0 atom stereocenters. The van der Waals surface area contributed by atoms with Crippen LogP contribution in [0.3, 0.4) is 0 Å². The molecule has 204 valence electrons. The average Bonchev–Trinajstić information content (AvgIpc) is 2.94. The van der Waals surface area contributed by atoms with E-state index in [1.165, 1.54) is 31.4 Å². The molecule has 1 aliphatic rings. The Labute approximate surface area is 232 Å². The zero-order valence-corrected chi connectivity index (χ0v) is 25.1. The molecule has 3 nitrogen and oxygen atoms in total. The quantitative estimate of drug-likeness (QED) is 0.309. The number of benzene rings is 2. The van der Waals surface area contributed by atoms with Crippen LogP contribution in [0.5, 0.6) is 0 Å². The van der Waals surface area contributed by atoms with Gasteiger partial charge in [-0.2, -0.15) is 0 Å². The van der Waals surface area contributed by atoms with Gasteiger partial charge >= 0.3 is 0 Å². The molecule has 4 heteroatoms. The van der Waals surface area contributed by atoms with Crippen LogP contribution in [-0.4, -0.2) is 25.7 Å². The van der Waals surface area contributed by atoms with Crippen molar-refractivity contribution in [2.24, 2.45) is 11.7 Å². The van der Waals surface area contributed by atoms with E-state index in [9.17, 15) is 0 Å². The van der Waals surface area contributed by atoms with Crippen LogP contribution in [-0.2, 0) is 0 Å². The summed E-state index contributed by atoms with van der Waals surface area (Å²) < 4.78 is 0. The van der Waals surface area contributed by atoms with E-state index in [-0.39, 0.29) is 0 Å². The maximum Gasteiger partial charge on any atom is 0.0366 e. The number of thioether (sulfide) groups is 1. The minimum Gasteiger partial charge on any atom is -0.399 e. The largest absolute Gasteiger partial charge is 0.399 e. The first-order valence-electron chi connectivity index (χ1n) is 14.1. The molecule has 2 aromatic carbocycles. The summed E-state index contributed by atoms with van der Waals surface area (Å²) in [4.78, 5) is 4.40. The van der Waals surface area contributed by atoms with Gasteiger partial charge in [0.15, 0.2) is 0 Å². The van der Waals surface area contributed by atoms with E-state index in [2.05, 4.69) is 68.1 Å². The Kier molecular flexibility index (Phi) is 15.8. The van der Waals surface area contributed by atoms with E-state index in [1.807, 2.05) is 52.0 Å². The van der Waals surface area contributed by atoms with Crippen LogP contribution in [0.25, 0.3) is 15.5 Å². The van der Waals surface area contributed by atoms with Gasteiger partial charge < -0.3 is 16.0 Å². The van der Waals surface area contributed by atoms with Crippen molar-refractivity contribution in [2.75, 3.05) is 24.5 Å². The van der Waals surface area contributed by atoms with Crippen molar-refractivity contribution in [3.05, 3.63) is 85.0 Å². The summed E-state index contributed by atoms with van der Waals surface area (Å²) >= 11 is 1.60. The predicted molar refractivity (Wildman–Crippen MR) is 172 cm³/mol. The van der Waals surface area contributed by atoms with Crippen LogP contribution in [0, 0.1) is 5.92 Å². The molecular weight excluding hydrogens is 470 g/mol. The van der Waals surface area contributed by atoms with Gasteiger partial charge in [-0.25, -0.2) is 0 Å². The number of nitrogens with two attached hydrogens (primary N) is 1. The highest BCUT2D eigenvalue weighted by atomic mass is 32.2. The topological polar surface area (TPSA) is 41.3 Å².